The Labute approximate surface area is 97.6 Å². The van der Waals surface area contributed by atoms with Crippen LogP contribution in [0.2, 0.25) is 0 Å². The molecule has 0 radical (unpaired) electrons. The Kier molecular flexibility index (Phi) is 3.07. The van der Waals surface area contributed by atoms with Crippen molar-refractivity contribution < 1.29 is 4.79 Å². The lowest BCUT2D eigenvalue weighted by molar-refractivity contribution is -0.118. The van der Waals surface area contributed by atoms with E-state index in [-0.39, 0.29) is 11.9 Å². The monoisotopic (exact) mass is 268 g/mol. The fourth-order valence-corrected chi connectivity index (χ4v) is 2.09. The normalized spacial score (nSPS) is 21.1. The molecule has 1 unspecified atom stereocenters. The number of nitrogens with zero attached hydrogens (tertiary/aromatic N) is 1. The Morgan fingerprint density at radius 2 is 2.07 bits per heavy atom. The van der Waals surface area contributed by atoms with Crippen molar-refractivity contribution in [3.63, 3.8) is 0 Å². The Morgan fingerprint density at radius 1 is 1.40 bits per heavy atom. The SMILES string of the molecule is CNC1CCN(c2ccc(Br)cc2)C1=O. The van der Waals surface area contributed by atoms with E-state index < -0.39 is 0 Å². The highest BCUT2D eigenvalue weighted by Crippen LogP contribution is 2.23. The molecule has 1 fully saturated rings. The summed E-state index contributed by atoms with van der Waals surface area (Å²) in [5.41, 5.74) is 0.973. The first-order chi connectivity index (χ1) is 7.22. The van der Waals surface area contributed by atoms with E-state index in [1.54, 1.807) is 0 Å². The average molecular weight is 269 g/mol. The molecule has 15 heavy (non-hydrogen) atoms. The van der Waals surface area contributed by atoms with Crippen molar-refractivity contribution in [1.82, 2.24) is 5.32 Å². The summed E-state index contributed by atoms with van der Waals surface area (Å²) in [5.74, 6) is 0.167. The summed E-state index contributed by atoms with van der Waals surface area (Å²) in [7, 11) is 1.83. The Bertz CT molecular complexity index is 363. The second kappa shape index (κ2) is 4.33. The number of benzene rings is 1. The molecular formula is C11H13BrN2O. The Balaban J connectivity index is 2.19. The van der Waals surface area contributed by atoms with Crippen LogP contribution in [0.15, 0.2) is 28.7 Å². The molecule has 80 valence electrons. The number of carbonyl (C=O) groups excluding carboxylic acids is 1. The van der Waals surface area contributed by atoms with E-state index in [2.05, 4.69) is 21.2 Å². The minimum Gasteiger partial charge on any atom is -0.311 e. The van der Waals surface area contributed by atoms with E-state index in [1.165, 1.54) is 0 Å². The number of likely N-dealkylation sites (N-methyl/N-ethyl adjacent to an activating group) is 1. The molecule has 1 aliphatic rings. The zero-order chi connectivity index (χ0) is 10.8. The van der Waals surface area contributed by atoms with Gasteiger partial charge in [-0.1, -0.05) is 15.9 Å². The van der Waals surface area contributed by atoms with Gasteiger partial charge in [0.1, 0.15) is 0 Å². The van der Waals surface area contributed by atoms with Crippen molar-refractivity contribution in [3.8, 4) is 0 Å². The molecule has 1 atom stereocenters. The summed E-state index contributed by atoms with van der Waals surface area (Å²) in [4.78, 5) is 13.7. The topological polar surface area (TPSA) is 32.3 Å². The van der Waals surface area contributed by atoms with Gasteiger partial charge in [0.15, 0.2) is 0 Å². The van der Waals surface area contributed by atoms with Crippen molar-refractivity contribution >= 4 is 27.5 Å². The van der Waals surface area contributed by atoms with Gasteiger partial charge in [0.2, 0.25) is 5.91 Å². The third-order valence-corrected chi connectivity index (χ3v) is 3.22. The second-order valence-corrected chi connectivity index (χ2v) is 4.51. The van der Waals surface area contributed by atoms with Gasteiger partial charge < -0.3 is 10.2 Å². The van der Waals surface area contributed by atoms with Crippen LogP contribution in [0.3, 0.4) is 0 Å². The lowest BCUT2D eigenvalue weighted by Gasteiger charge is -2.16. The third kappa shape index (κ3) is 2.06. The third-order valence-electron chi connectivity index (χ3n) is 2.69. The molecule has 0 spiro atoms. The molecule has 0 saturated carbocycles. The zero-order valence-electron chi connectivity index (χ0n) is 8.53. The van der Waals surface area contributed by atoms with Crippen molar-refractivity contribution in [2.24, 2.45) is 0 Å². The number of hydrogen-bond acceptors (Lipinski definition) is 2. The van der Waals surface area contributed by atoms with Crippen LogP contribution < -0.4 is 10.2 Å². The largest absolute Gasteiger partial charge is 0.311 e. The first-order valence-corrected chi connectivity index (χ1v) is 5.76. The van der Waals surface area contributed by atoms with Gasteiger partial charge >= 0.3 is 0 Å². The first-order valence-electron chi connectivity index (χ1n) is 4.96. The fourth-order valence-electron chi connectivity index (χ4n) is 1.83. The highest BCUT2D eigenvalue weighted by atomic mass is 79.9. The van der Waals surface area contributed by atoms with E-state index >= 15 is 0 Å². The van der Waals surface area contributed by atoms with Crippen molar-refractivity contribution in [1.29, 1.82) is 0 Å². The van der Waals surface area contributed by atoms with Crippen LogP contribution in [-0.2, 0) is 4.79 Å². The number of carbonyl (C=O) groups is 1. The van der Waals surface area contributed by atoms with Gasteiger partial charge in [0.25, 0.3) is 0 Å². The lowest BCUT2D eigenvalue weighted by atomic mass is 10.2. The highest BCUT2D eigenvalue weighted by molar-refractivity contribution is 9.10. The second-order valence-electron chi connectivity index (χ2n) is 3.60. The molecule has 1 amide bonds. The maximum absolute atomic E-state index is 11.9. The zero-order valence-corrected chi connectivity index (χ0v) is 10.1. The van der Waals surface area contributed by atoms with Crippen LogP contribution in [0.4, 0.5) is 5.69 Å². The van der Waals surface area contributed by atoms with E-state index in [4.69, 9.17) is 0 Å². The van der Waals surface area contributed by atoms with Gasteiger partial charge in [-0.05, 0) is 37.7 Å². The van der Waals surface area contributed by atoms with Gasteiger partial charge in [0.05, 0.1) is 6.04 Å². The number of halogens is 1. The lowest BCUT2D eigenvalue weighted by Crippen LogP contribution is -2.36. The van der Waals surface area contributed by atoms with E-state index in [1.807, 2.05) is 36.2 Å². The van der Waals surface area contributed by atoms with E-state index in [9.17, 15) is 4.79 Å². The predicted molar refractivity (Wildman–Crippen MR) is 64.0 cm³/mol. The van der Waals surface area contributed by atoms with Crippen LogP contribution >= 0.6 is 15.9 Å². The first kappa shape index (κ1) is 10.6. The van der Waals surface area contributed by atoms with Crippen LogP contribution in [0.1, 0.15) is 6.42 Å². The van der Waals surface area contributed by atoms with Gasteiger partial charge in [-0.15, -0.1) is 0 Å². The van der Waals surface area contributed by atoms with Gasteiger partial charge in [0, 0.05) is 16.7 Å². The standard InChI is InChI=1S/C11H13BrN2O/c1-13-10-6-7-14(11(10)15)9-4-2-8(12)3-5-9/h2-5,10,13H,6-7H2,1H3. The number of hydrogen-bond donors (Lipinski definition) is 1. The van der Waals surface area contributed by atoms with Gasteiger partial charge in [-0.25, -0.2) is 0 Å². The summed E-state index contributed by atoms with van der Waals surface area (Å²) in [6.45, 7) is 0.798. The molecule has 1 aromatic rings. The minimum absolute atomic E-state index is 0.0198. The molecule has 3 nitrogen and oxygen atoms in total. The van der Waals surface area contributed by atoms with Crippen molar-refractivity contribution in [2.75, 3.05) is 18.5 Å². The summed E-state index contributed by atoms with van der Waals surface area (Å²) in [5, 5.41) is 3.02. The molecule has 1 saturated heterocycles. The number of amides is 1. The maximum Gasteiger partial charge on any atom is 0.244 e. The Hall–Kier alpha value is -0.870. The Morgan fingerprint density at radius 3 is 2.60 bits per heavy atom. The molecule has 2 rings (SSSR count). The average Bonchev–Trinajstić information content (AvgIpc) is 2.61. The quantitative estimate of drug-likeness (QED) is 0.887. The smallest absolute Gasteiger partial charge is 0.244 e. The molecule has 1 N–H and O–H groups in total. The molecule has 0 aliphatic carbocycles. The molecule has 0 bridgehead atoms. The van der Waals surface area contributed by atoms with Crippen LogP contribution in [0, 0.1) is 0 Å². The summed E-state index contributed by atoms with van der Waals surface area (Å²) >= 11 is 3.38. The summed E-state index contributed by atoms with van der Waals surface area (Å²) < 4.78 is 1.03. The van der Waals surface area contributed by atoms with Gasteiger partial charge in [-0.3, -0.25) is 4.79 Å². The highest BCUT2D eigenvalue weighted by Gasteiger charge is 2.30. The molecular weight excluding hydrogens is 256 g/mol. The van der Waals surface area contributed by atoms with E-state index in [0.717, 1.165) is 23.1 Å². The summed E-state index contributed by atoms with van der Waals surface area (Å²) in [6.07, 6.45) is 0.880. The number of anilines is 1. The minimum atomic E-state index is -0.0198. The maximum atomic E-state index is 11.9. The summed E-state index contributed by atoms with van der Waals surface area (Å²) in [6, 6.07) is 7.80. The van der Waals surface area contributed by atoms with Crippen LogP contribution in [0.5, 0.6) is 0 Å². The van der Waals surface area contributed by atoms with E-state index in [0.29, 0.717) is 0 Å². The fraction of sp³-hybridized carbons (Fsp3) is 0.364. The number of rotatable bonds is 2. The van der Waals surface area contributed by atoms with Crippen molar-refractivity contribution in [3.05, 3.63) is 28.7 Å². The molecule has 1 aromatic carbocycles. The van der Waals surface area contributed by atoms with Crippen LogP contribution in [0.25, 0.3) is 0 Å². The van der Waals surface area contributed by atoms with Gasteiger partial charge in [-0.2, -0.15) is 0 Å². The van der Waals surface area contributed by atoms with Crippen molar-refractivity contribution in [2.45, 2.75) is 12.5 Å². The predicted octanol–water partition coefficient (Wildman–Crippen LogP) is 1.77. The molecule has 1 aliphatic heterocycles. The molecule has 1 heterocycles. The molecule has 4 heteroatoms. The number of nitrogens with one attached hydrogen (secondary N) is 1. The molecule has 0 aromatic heterocycles. The van der Waals surface area contributed by atoms with Crippen LogP contribution in [-0.4, -0.2) is 25.5 Å².